The van der Waals surface area contributed by atoms with Crippen LogP contribution in [0, 0.1) is 6.92 Å². The van der Waals surface area contributed by atoms with Crippen LogP contribution < -0.4 is 5.32 Å². The fraction of sp³-hybridized carbons (Fsp3) is 0.462. The SMILES string of the molecule is CCn1nc(C)c(Cl)c1CNC(C)c1ccco1. The Morgan fingerprint density at radius 3 is 2.94 bits per heavy atom. The summed E-state index contributed by atoms with van der Waals surface area (Å²) in [5.74, 6) is 0.922. The molecule has 2 aromatic rings. The number of rotatable bonds is 5. The largest absolute Gasteiger partial charge is 0.468 e. The average molecular weight is 268 g/mol. The summed E-state index contributed by atoms with van der Waals surface area (Å²) in [5.41, 5.74) is 1.90. The molecule has 0 saturated heterocycles. The molecule has 18 heavy (non-hydrogen) atoms. The molecule has 1 atom stereocenters. The van der Waals surface area contributed by atoms with Crippen molar-refractivity contribution < 1.29 is 4.42 Å². The maximum atomic E-state index is 6.25. The molecule has 5 heteroatoms. The van der Waals surface area contributed by atoms with Crippen LogP contribution >= 0.6 is 11.6 Å². The molecule has 0 radical (unpaired) electrons. The van der Waals surface area contributed by atoms with Gasteiger partial charge in [-0.1, -0.05) is 11.6 Å². The van der Waals surface area contributed by atoms with Crippen molar-refractivity contribution in [2.75, 3.05) is 0 Å². The first-order chi connectivity index (χ1) is 8.63. The van der Waals surface area contributed by atoms with E-state index in [2.05, 4.69) is 24.3 Å². The molecule has 0 saturated carbocycles. The zero-order valence-electron chi connectivity index (χ0n) is 10.9. The molecule has 2 heterocycles. The molecule has 0 aliphatic rings. The highest BCUT2D eigenvalue weighted by Gasteiger charge is 2.14. The molecule has 0 aliphatic heterocycles. The van der Waals surface area contributed by atoms with E-state index >= 15 is 0 Å². The molecule has 0 aliphatic carbocycles. The smallest absolute Gasteiger partial charge is 0.120 e. The van der Waals surface area contributed by atoms with Gasteiger partial charge in [-0.05, 0) is 32.9 Å². The third-order valence-corrected chi connectivity index (χ3v) is 3.49. The van der Waals surface area contributed by atoms with Crippen LogP contribution in [0.1, 0.15) is 37.0 Å². The monoisotopic (exact) mass is 267 g/mol. The highest BCUT2D eigenvalue weighted by atomic mass is 35.5. The Morgan fingerprint density at radius 1 is 1.56 bits per heavy atom. The molecule has 0 aromatic carbocycles. The lowest BCUT2D eigenvalue weighted by atomic mass is 10.2. The van der Waals surface area contributed by atoms with Gasteiger partial charge >= 0.3 is 0 Å². The molecule has 0 bridgehead atoms. The lowest BCUT2D eigenvalue weighted by Gasteiger charge is -2.12. The summed E-state index contributed by atoms with van der Waals surface area (Å²) >= 11 is 6.25. The Morgan fingerprint density at radius 2 is 2.33 bits per heavy atom. The van der Waals surface area contributed by atoms with Crippen LogP contribution in [0.5, 0.6) is 0 Å². The second-order valence-electron chi connectivity index (χ2n) is 4.28. The van der Waals surface area contributed by atoms with Crippen LogP contribution in [0.15, 0.2) is 22.8 Å². The Balaban J connectivity index is 2.06. The summed E-state index contributed by atoms with van der Waals surface area (Å²) in [6.45, 7) is 7.54. The van der Waals surface area contributed by atoms with Crippen molar-refractivity contribution in [2.45, 2.75) is 39.9 Å². The first-order valence-corrected chi connectivity index (χ1v) is 6.49. The predicted molar refractivity (Wildman–Crippen MR) is 71.6 cm³/mol. The van der Waals surface area contributed by atoms with Gasteiger partial charge in [0.1, 0.15) is 5.76 Å². The highest BCUT2D eigenvalue weighted by molar-refractivity contribution is 6.31. The number of halogens is 1. The number of furan rings is 1. The summed E-state index contributed by atoms with van der Waals surface area (Å²) in [6, 6.07) is 4.00. The second-order valence-corrected chi connectivity index (χ2v) is 4.66. The average Bonchev–Trinajstić information content (AvgIpc) is 2.97. The molecule has 2 aromatic heterocycles. The molecule has 1 N–H and O–H groups in total. The van der Waals surface area contributed by atoms with E-state index in [0.717, 1.165) is 28.7 Å². The first kappa shape index (κ1) is 13.2. The number of nitrogens with one attached hydrogen (secondary N) is 1. The predicted octanol–water partition coefficient (Wildman–Crippen LogP) is 3.31. The fourth-order valence-electron chi connectivity index (χ4n) is 1.93. The molecule has 0 fully saturated rings. The van der Waals surface area contributed by atoms with Crippen molar-refractivity contribution in [1.82, 2.24) is 15.1 Å². The molecule has 98 valence electrons. The zero-order valence-corrected chi connectivity index (χ0v) is 11.7. The highest BCUT2D eigenvalue weighted by Crippen LogP contribution is 2.21. The molecule has 2 rings (SSSR count). The Kier molecular flexibility index (Phi) is 4.09. The van der Waals surface area contributed by atoms with E-state index < -0.39 is 0 Å². The summed E-state index contributed by atoms with van der Waals surface area (Å²) in [7, 11) is 0. The molecule has 0 spiro atoms. The van der Waals surface area contributed by atoms with Crippen molar-refractivity contribution in [3.05, 3.63) is 40.6 Å². The van der Waals surface area contributed by atoms with E-state index in [9.17, 15) is 0 Å². The first-order valence-electron chi connectivity index (χ1n) is 6.12. The Labute approximate surface area is 112 Å². The van der Waals surface area contributed by atoms with Gasteiger partial charge in [0.05, 0.1) is 28.7 Å². The molecular weight excluding hydrogens is 250 g/mol. The molecule has 4 nitrogen and oxygen atoms in total. The van der Waals surface area contributed by atoms with Gasteiger partial charge in [-0.15, -0.1) is 0 Å². The van der Waals surface area contributed by atoms with Gasteiger partial charge in [0.15, 0.2) is 0 Å². The quantitative estimate of drug-likeness (QED) is 0.904. The van der Waals surface area contributed by atoms with Crippen LogP contribution in [-0.4, -0.2) is 9.78 Å². The van der Waals surface area contributed by atoms with Crippen molar-refractivity contribution in [2.24, 2.45) is 0 Å². The molecule has 0 amide bonds. The van der Waals surface area contributed by atoms with Gasteiger partial charge in [-0.25, -0.2) is 0 Å². The normalized spacial score (nSPS) is 12.9. The lowest BCUT2D eigenvalue weighted by molar-refractivity contribution is 0.424. The van der Waals surface area contributed by atoms with Gasteiger partial charge in [-0.3, -0.25) is 4.68 Å². The second kappa shape index (κ2) is 5.59. The molecular formula is C13H18ClN3O. The van der Waals surface area contributed by atoms with Crippen LogP contribution in [0.4, 0.5) is 0 Å². The fourth-order valence-corrected chi connectivity index (χ4v) is 2.13. The zero-order chi connectivity index (χ0) is 13.1. The number of nitrogens with zero attached hydrogens (tertiary/aromatic N) is 2. The van der Waals surface area contributed by atoms with Gasteiger partial charge < -0.3 is 9.73 Å². The summed E-state index contributed by atoms with van der Waals surface area (Å²) in [6.07, 6.45) is 1.68. The lowest BCUT2D eigenvalue weighted by Crippen LogP contribution is -2.20. The minimum atomic E-state index is 0.150. The third kappa shape index (κ3) is 2.60. The number of aryl methyl sites for hydroxylation is 2. The number of aromatic nitrogens is 2. The van der Waals surface area contributed by atoms with E-state index in [1.54, 1.807) is 6.26 Å². The van der Waals surface area contributed by atoms with E-state index in [0.29, 0.717) is 6.54 Å². The van der Waals surface area contributed by atoms with Crippen LogP contribution in [0.25, 0.3) is 0 Å². The maximum absolute atomic E-state index is 6.25. The van der Waals surface area contributed by atoms with Gasteiger partial charge in [0, 0.05) is 13.1 Å². The third-order valence-electron chi connectivity index (χ3n) is 3.00. The van der Waals surface area contributed by atoms with Crippen molar-refractivity contribution in [1.29, 1.82) is 0 Å². The van der Waals surface area contributed by atoms with E-state index in [4.69, 9.17) is 16.0 Å². The summed E-state index contributed by atoms with van der Waals surface area (Å²) < 4.78 is 7.29. The molecule has 1 unspecified atom stereocenters. The van der Waals surface area contributed by atoms with Gasteiger partial charge in [0.25, 0.3) is 0 Å². The maximum Gasteiger partial charge on any atom is 0.120 e. The van der Waals surface area contributed by atoms with Crippen LogP contribution in [0.2, 0.25) is 5.02 Å². The van der Waals surface area contributed by atoms with Crippen molar-refractivity contribution in [3.63, 3.8) is 0 Å². The van der Waals surface area contributed by atoms with Gasteiger partial charge in [0.2, 0.25) is 0 Å². The number of hydrogen-bond acceptors (Lipinski definition) is 3. The van der Waals surface area contributed by atoms with Crippen molar-refractivity contribution in [3.8, 4) is 0 Å². The number of hydrogen-bond donors (Lipinski definition) is 1. The minimum Gasteiger partial charge on any atom is -0.468 e. The topological polar surface area (TPSA) is 43.0 Å². The Hall–Kier alpha value is -1.26. The summed E-state index contributed by atoms with van der Waals surface area (Å²) in [4.78, 5) is 0. The Bertz CT molecular complexity index is 505. The van der Waals surface area contributed by atoms with E-state index in [-0.39, 0.29) is 6.04 Å². The van der Waals surface area contributed by atoms with Crippen molar-refractivity contribution >= 4 is 11.6 Å². The summed E-state index contributed by atoms with van der Waals surface area (Å²) in [5, 5.41) is 8.53. The van der Waals surface area contributed by atoms with Crippen LogP contribution in [0.3, 0.4) is 0 Å². The van der Waals surface area contributed by atoms with E-state index in [1.165, 1.54) is 0 Å². The van der Waals surface area contributed by atoms with Gasteiger partial charge in [-0.2, -0.15) is 5.10 Å². The minimum absolute atomic E-state index is 0.150. The van der Waals surface area contributed by atoms with Crippen LogP contribution in [-0.2, 0) is 13.1 Å². The van der Waals surface area contributed by atoms with E-state index in [1.807, 2.05) is 23.7 Å². The standard InChI is InChI=1S/C13H18ClN3O/c1-4-17-11(13(14)10(3)16-17)8-15-9(2)12-6-5-7-18-12/h5-7,9,15H,4,8H2,1-3H3.